The molecule has 0 radical (unpaired) electrons. The monoisotopic (exact) mass is 411 g/mol. The van der Waals surface area contributed by atoms with Crippen LogP contribution in [0.15, 0.2) is 47.3 Å². The zero-order chi connectivity index (χ0) is 20.8. The summed E-state index contributed by atoms with van der Waals surface area (Å²) in [7, 11) is 3.09. The van der Waals surface area contributed by atoms with E-state index in [0.29, 0.717) is 38.6 Å². The summed E-state index contributed by atoms with van der Waals surface area (Å²) in [6.45, 7) is 2.39. The first kappa shape index (κ1) is 20.4. The molecule has 0 saturated heterocycles. The summed E-state index contributed by atoms with van der Waals surface area (Å²) >= 11 is 1.21. The number of thiazole rings is 1. The smallest absolute Gasteiger partial charge is 0.266 e. The van der Waals surface area contributed by atoms with E-state index in [1.165, 1.54) is 24.5 Å². The van der Waals surface area contributed by atoms with Crippen LogP contribution >= 0.6 is 11.3 Å². The standard InChI is InChI=1S/C22H21NO5S/c1-4-28-19-11-14(9-10-18(19)27-3)12-20-22(25)23-21(29-20)13-16(24)15-7-5-6-8-17(15)26-2/h5-13H,4H2,1-3H3,(H,23,25)/b20-12-,21-13-. The Kier molecular flexibility index (Phi) is 6.51. The lowest BCUT2D eigenvalue weighted by atomic mass is 10.1. The Hall–Kier alpha value is -3.32. The van der Waals surface area contributed by atoms with Crippen molar-refractivity contribution >= 4 is 29.3 Å². The molecule has 0 fully saturated rings. The molecule has 7 heteroatoms. The average molecular weight is 411 g/mol. The van der Waals surface area contributed by atoms with Crippen LogP contribution in [0.2, 0.25) is 0 Å². The third-order valence-electron chi connectivity index (χ3n) is 4.10. The Labute approximate surface area is 171 Å². The first-order chi connectivity index (χ1) is 14.0. The van der Waals surface area contributed by atoms with E-state index in [2.05, 4.69) is 4.98 Å². The fourth-order valence-electron chi connectivity index (χ4n) is 2.77. The molecule has 0 atom stereocenters. The summed E-state index contributed by atoms with van der Waals surface area (Å²) in [4.78, 5) is 27.6. The number of nitrogens with one attached hydrogen (secondary N) is 1. The maximum absolute atomic E-state index is 12.6. The zero-order valence-corrected chi connectivity index (χ0v) is 17.2. The molecule has 2 aromatic carbocycles. The van der Waals surface area contributed by atoms with Crippen LogP contribution in [0.4, 0.5) is 0 Å². The molecular formula is C22H21NO5S. The van der Waals surface area contributed by atoms with Crippen LogP contribution in [0, 0.1) is 0 Å². The van der Waals surface area contributed by atoms with Gasteiger partial charge in [-0.3, -0.25) is 9.59 Å². The molecule has 1 N–H and O–H groups in total. The summed E-state index contributed by atoms with van der Waals surface area (Å²) in [5.41, 5.74) is 0.971. The van der Waals surface area contributed by atoms with E-state index in [0.717, 1.165) is 5.56 Å². The Morgan fingerprint density at radius 1 is 1.07 bits per heavy atom. The van der Waals surface area contributed by atoms with E-state index in [4.69, 9.17) is 14.2 Å². The first-order valence-electron chi connectivity index (χ1n) is 8.96. The number of carbonyl (C=O) groups is 1. The van der Waals surface area contributed by atoms with E-state index in [-0.39, 0.29) is 11.3 Å². The molecule has 1 aromatic heterocycles. The van der Waals surface area contributed by atoms with E-state index in [9.17, 15) is 9.59 Å². The van der Waals surface area contributed by atoms with E-state index in [1.54, 1.807) is 43.5 Å². The highest BCUT2D eigenvalue weighted by Gasteiger charge is 2.09. The van der Waals surface area contributed by atoms with Crippen molar-refractivity contribution in [3.05, 3.63) is 73.1 Å². The maximum atomic E-state index is 12.6. The normalized spacial score (nSPS) is 12.1. The maximum Gasteiger partial charge on any atom is 0.266 e. The van der Waals surface area contributed by atoms with Gasteiger partial charge >= 0.3 is 0 Å². The molecule has 3 rings (SSSR count). The number of ketones is 1. The number of aromatic nitrogens is 1. The number of ether oxygens (including phenoxy) is 3. The van der Waals surface area contributed by atoms with Gasteiger partial charge in [0.15, 0.2) is 17.3 Å². The van der Waals surface area contributed by atoms with Gasteiger partial charge in [-0.05, 0) is 42.8 Å². The first-order valence-corrected chi connectivity index (χ1v) is 9.78. The Morgan fingerprint density at radius 3 is 2.55 bits per heavy atom. The van der Waals surface area contributed by atoms with Crippen LogP contribution in [0.5, 0.6) is 17.2 Å². The predicted molar refractivity (Wildman–Crippen MR) is 114 cm³/mol. The van der Waals surface area contributed by atoms with E-state index >= 15 is 0 Å². The number of Topliss-reactive ketones (excluding diaryl/α,β-unsaturated/α-hetero) is 1. The number of para-hydroxylation sites is 1. The van der Waals surface area contributed by atoms with Crippen LogP contribution in [-0.4, -0.2) is 31.6 Å². The van der Waals surface area contributed by atoms with Crippen molar-refractivity contribution < 1.29 is 19.0 Å². The van der Waals surface area contributed by atoms with Crippen LogP contribution in [0.25, 0.3) is 12.2 Å². The molecule has 0 unspecified atom stereocenters. The summed E-state index contributed by atoms with van der Waals surface area (Å²) in [5, 5.41) is 0. The molecular weight excluding hydrogens is 390 g/mol. The van der Waals surface area contributed by atoms with Crippen molar-refractivity contribution in [3.8, 4) is 17.2 Å². The van der Waals surface area contributed by atoms with Crippen LogP contribution in [0.1, 0.15) is 22.8 Å². The number of hydrogen-bond donors (Lipinski definition) is 1. The van der Waals surface area contributed by atoms with Crippen molar-refractivity contribution in [2.24, 2.45) is 0 Å². The van der Waals surface area contributed by atoms with Crippen LogP contribution in [-0.2, 0) is 0 Å². The lowest BCUT2D eigenvalue weighted by Gasteiger charge is -2.09. The highest BCUT2D eigenvalue weighted by Crippen LogP contribution is 2.28. The predicted octanol–water partition coefficient (Wildman–Crippen LogP) is 2.34. The van der Waals surface area contributed by atoms with Gasteiger partial charge in [-0.2, -0.15) is 0 Å². The van der Waals surface area contributed by atoms with Crippen molar-refractivity contribution in [3.63, 3.8) is 0 Å². The van der Waals surface area contributed by atoms with Crippen LogP contribution in [0.3, 0.4) is 0 Å². The number of H-pyrrole nitrogens is 1. The molecule has 0 spiro atoms. The largest absolute Gasteiger partial charge is 0.496 e. The molecule has 29 heavy (non-hydrogen) atoms. The summed E-state index contributed by atoms with van der Waals surface area (Å²) in [6.07, 6.45) is 3.15. The molecule has 3 aromatic rings. The Bertz CT molecular complexity index is 1190. The molecule has 0 bridgehead atoms. The van der Waals surface area contributed by atoms with Gasteiger partial charge in [-0.15, -0.1) is 11.3 Å². The second kappa shape index (κ2) is 9.25. The highest BCUT2D eigenvalue weighted by molar-refractivity contribution is 7.07. The number of hydrogen-bond acceptors (Lipinski definition) is 6. The zero-order valence-electron chi connectivity index (χ0n) is 16.4. The second-order valence-electron chi connectivity index (χ2n) is 5.98. The molecule has 6 nitrogen and oxygen atoms in total. The fraction of sp³-hybridized carbons (Fsp3) is 0.182. The minimum absolute atomic E-state index is 0.241. The van der Waals surface area contributed by atoms with Crippen molar-refractivity contribution in [1.29, 1.82) is 0 Å². The lowest BCUT2D eigenvalue weighted by Crippen LogP contribution is -2.20. The summed E-state index contributed by atoms with van der Waals surface area (Å²) < 4.78 is 17.0. The quantitative estimate of drug-likeness (QED) is 0.604. The fourth-order valence-corrected chi connectivity index (χ4v) is 3.66. The van der Waals surface area contributed by atoms with Crippen molar-refractivity contribution in [1.82, 2.24) is 4.98 Å². The minimum atomic E-state index is -0.261. The highest BCUT2D eigenvalue weighted by atomic mass is 32.1. The van der Waals surface area contributed by atoms with Gasteiger partial charge in [0.1, 0.15) is 5.75 Å². The van der Waals surface area contributed by atoms with Gasteiger partial charge in [-0.25, -0.2) is 0 Å². The summed E-state index contributed by atoms with van der Waals surface area (Å²) in [5.74, 6) is 1.48. The lowest BCUT2D eigenvalue weighted by molar-refractivity contribution is 0.105. The molecule has 0 aliphatic carbocycles. The number of aromatic amines is 1. The number of carbonyl (C=O) groups excluding carboxylic acids is 1. The average Bonchev–Trinajstić information content (AvgIpc) is 3.07. The third-order valence-corrected chi connectivity index (χ3v) is 5.06. The van der Waals surface area contributed by atoms with Gasteiger partial charge in [0.05, 0.1) is 35.6 Å². The number of methoxy groups -OCH3 is 2. The Morgan fingerprint density at radius 2 is 1.83 bits per heavy atom. The van der Waals surface area contributed by atoms with Gasteiger partial charge < -0.3 is 19.2 Å². The number of benzene rings is 2. The van der Waals surface area contributed by atoms with Crippen molar-refractivity contribution in [2.75, 3.05) is 20.8 Å². The van der Waals surface area contributed by atoms with Gasteiger partial charge in [0, 0.05) is 6.08 Å². The number of rotatable bonds is 7. The molecule has 0 aliphatic rings. The minimum Gasteiger partial charge on any atom is -0.496 e. The van der Waals surface area contributed by atoms with Gasteiger partial charge in [0.25, 0.3) is 5.56 Å². The second-order valence-corrected chi connectivity index (χ2v) is 7.06. The SMILES string of the molecule is CCOc1cc(/C=c2\s/c(=C\C(=O)c3ccccc3OC)[nH]c2=O)ccc1OC. The van der Waals surface area contributed by atoms with Crippen molar-refractivity contribution in [2.45, 2.75) is 6.92 Å². The van der Waals surface area contributed by atoms with E-state index in [1.807, 2.05) is 19.1 Å². The summed E-state index contributed by atoms with van der Waals surface area (Å²) in [6, 6.07) is 12.4. The van der Waals surface area contributed by atoms with Gasteiger partial charge in [0.2, 0.25) is 0 Å². The van der Waals surface area contributed by atoms with Crippen LogP contribution < -0.4 is 29.0 Å². The van der Waals surface area contributed by atoms with Gasteiger partial charge in [-0.1, -0.05) is 18.2 Å². The topological polar surface area (TPSA) is 77.6 Å². The molecule has 150 valence electrons. The molecule has 1 heterocycles. The third kappa shape index (κ3) is 4.75. The van der Waals surface area contributed by atoms with E-state index < -0.39 is 0 Å². The molecule has 0 aliphatic heterocycles. The Balaban J connectivity index is 1.98. The molecule has 0 saturated carbocycles. The molecule has 0 amide bonds.